The molecule has 2 aromatic rings. The molecule has 20 heavy (non-hydrogen) atoms. The fourth-order valence-corrected chi connectivity index (χ4v) is 2.53. The summed E-state index contributed by atoms with van der Waals surface area (Å²) in [5, 5.41) is 7.03. The third-order valence-electron chi connectivity index (χ3n) is 3.60. The lowest BCUT2D eigenvalue weighted by atomic mass is 9.98. The van der Waals surface area contributed by atoms with Crippen LogP contribution in [-0.4, -0.2) is 22.3 Å². The molecule has 0 saturated carbocycles. The molecule has 0 bridgehead atoms. The van der Waals surface area contributed by atoms with E-state index in [1.807, 2.05) is 19.2 Å². The average molecular weight is 275 g/mol. The molecule has 1 fully saturated rings. The van der Waals surface area contributed by atoms with Crippen molar-refractivity contribution in [2.45, 2.75) is 19.1 Å². The molecule has 2 aromatic heterocycles. The fraction of sp³-hybridized carbons (Fsp3) is 0.429. The van der Waals surface area contributed by atoms with Gasteiger partial charge in [-0.05, 0) is 24.6 Å². The molecule has 3 rings (SSSR count). The van der Waals surface area contributed by atoms with Crippen LogP contribution < -0.4 is 5.32 Å². The Morgan fingerprint density at radius 1 is 1.55 bits per heavy atom. The van der Waals surface area contributed by atoms with Gasteiger partial charge in [0.1, 0.15) is 11.9 Å². The Hall–Kier alpha value is -2.08. The van der Waals surface area contributed by atoms with E-state index in [4.69, 9.17) is 9.15 Å². The van der Waals surface area contributed by atoms with Crippen molar-refractivity contribution in [3.63, 3.8) is 0 Å². The van der Waals surface area contributed by atoms with Crippen LogP contribution in [-0.2, 0) is 23.1 Å². The minimum Gasteiger partial charge on any atom is -0.467 e. The zero-order chi connectivity index (χ0) is 13.9. The predicted molar refractivity (Wildman–Crippen MR) is 70.6 cm³/mol. The van der Waals surface area contributed by atoms with Gasteiger partial charge < -0.3 is 14.5 Å². The standard InChI is InChI=1S/C14H17N3O3/c1-17-12(4-6-16-17)13-11(5-8-20-13)14(18)15-9-10-3-2-7-19-10/h2-4,6-7,11,13H,5,8-9H2,1H3,(H,15,18)/t11-,13-/m1/s1. The van der Waals surface area contributed by atoms with Crippen molar-refractivity contribution in [1.29, 1.82) is 0 Å². The van der Waals surface area contributed by atoms with E-state index in [1.54, 1.807) is 23.2 Å². The molecule has 106 valence electrons. The third-order valence-corrected chi connectivity index (χ3v) is 3.60. The number of hydrogen-bond acceptors (Lipinski definition) is 4. The lowest BCUT2D eigenvalue weighted by Gasteiger charge is -2.18. The maximum Gasteiger partial charge on any atom is 0.226 e. The van der Waals surface area contributed by atoms with E-state index in [9.17, 15) is 4.79 Å². The van der Waals surface area contributed by atoms with Gasteiger partial charge >= 0.3 is 0 Å². The van der Waals surface area contributed by atoms with E-state index in [-0.39, 0.29) is 17.9 Å². The van der Waals surface area contributed by atoms with Gasteiger partial charge in [-0.15, -0.1) is 0 Å². The number of ether oxygens (including phenoxy) is 1. The summed E-state index contributed by atoms with van der Waals surface area (Å²) in [4.78, 5) is 12.3. The molecule has 6 heteroatoms. The molecule has 1 amide bonds. The lowest BCUT2D eigenvalue weighted by molar-refractivity contribution is -0.127. The van der Waals surface area contributed by atoms with Gasteiger partial charge in [-0.3, -0.25) is 9.48 Å². The van der Waals surface area contributed by atoms with Gasteiger partial charge in [0.25, 0.3) is 0 Å². The highest BCUT2D eigenvalue weighted by atomic mass is 16.5. The van der Waals surface area contributed by atoms with Crippen LogP contribution >= 0.6 is 0 Å². The molecular formula is C14H17N3O3. The van der Waals surface area contributed by atoms with Crippen molar-refractivity contribution in [3.8, 4) is 0 Å². The van der Waals surface area contributed by atoms with E-state index in [0.29, 0.717) is 13.2 Å². The van der Waals surface area contributed by atoms with Crippen molar-refractivity contribution in [2.75, 3.05) is 6.61 Å². The number of aromatic nitrogens is 2. The van der Waals surface area contributed by atoms with Crippen LogP contribution in [0.3, 0.4) is 0 Å². The van der Waals surface area contributed by atoms with Gasteiger partial charge in [-0.1, -0.05) is 0 Å². The van der Waals surface area contributed by atoms with Crippen LogP contribution in [0.5, 0.6) is 0 Å². The molecule has 1 N–H and O–H groups in total. The Morgan fingerprint density at radius 2 is 2.45 bits per heavy atom. The second kappa shape index (κ2) is 5.50. The Bertz CT molecular complexity index is 576. The molecule has 6 nitrogen and oxygen atoms in total. The Balaban J connectivity index is 1.66. The first kappa shape index (κ1) is 12.9. The van der Waals surface area contributed by atoms with E-state index >= 15 is 0 Å². The number of amides is 1. The van der Waals surface area contributed by atoms with Crippen LogP contribution in [0.1, 0.15) is 24.0 Å². The van der Waals surface area contributed by atoms with Gasteiger partial charge in [0, 0.05) is 19.9 Å². The smallest absolute Gasteiger partial charge is 0.226 e. The highest BCUT2D eigenvalue weighted by molar-refractivity contribution is 5.79. The van der Waals surface area contributed by atoms with Crippen molar-refractivity contribution < 1.29 is 13.9 Å². The van der Waals surface area contributed by atoms with Crippen LogP contribution in [0.2, 0.25) is 0 Å². The number of aryl methyl sites for hydroxylation is 1. The van der Waals surface area contributed by atoms with Gasteiger partial charge in [0.15, 0.2) is 0 Å². The lowest BCUT2D eigenvalue weighted by Crippen LogP contribution is -2.32. The highest BCUT2D eigenvalue weighted by Crippen LogP contribution is 2.34. The van der Waals surface area contributed by atoms with E-state index < -0.39 is 0 Å². The first-order chi connectivity index (χ1) is 9.75. The monoisotopic (exact) mass is 275 g/mol. The molecule has 0 aliphatic carbocycles. The average Bonchev–Trinajstić information content (AvgIpc) is 3.16. The normalized spacial score (nSPS) is 22.1. The molecule has 2 atom stereocenters. The van der Waals surface area contributed by atoms with Crippen molar-refractivity contribution in [2.24, 2.45) is 13.0 Å². The fourth-order valence-electron chi connectivity index (χ4n) is 2.53. The second-order valence-corrected chi connectivity index (χ2v) is 4.86. The van der Waals surface area contributed by atoms with E-state index in [0.717, 1.165) is 17.9 Å². The molecule has 1 saturated heterocycles. The minimum absolute atomic E-state index is 0.00917. The third kappa shape index (κ3) is 2.46. The van der Waals surface area contributed by atoms with Crippen LogP contribution in [0, 0.1) is 5.92 Å². The summed E-state index contributed by atoms with van der Waals surface area (Å²) < 4.78 is 12.7. The topological polar surface area (TPSA) is 69.3 Å². The highest BCUT2D eigenvalue weighted by Gasteiger charge is 2.36. The summed E-state index contributed by atoms with van der Waals surface area (Å²) in [5.74, 6) is 0.555. The summed E-state index contributed by atoms with van der Waals surface area (Å²) in [5.41, 5.74) is 0.931. The predicted octanol–water partition coefficient (Wildman–Crippen LogP) is 1.41. The molecular weight excluding hydrogens is 258 g/mol. The van der Waals surface area contributed by atoms with Crippen LogP contribution in [0.25, 0.3) is 0 Å². The number of carbonyl (C=O) groups is 1. The summed E-state index contributed by atoms with van der Waals surface area (Å²) >= 11 is 0. The maximum atomic E-state index is 12.3. The zero-order valence-electron chi connectivity index (χ0n) is 11.3. The number of hydrogen-bond donors (Lipinski definition) is 1. The molecule has 3 heterocycles. The summed E-state index contributed by atoms with van der Waals surface area (Å²) in [6.07, 6.45) is 3.81. The van der Waals surface area contributed by atoms with Crippen molar-refractivity contribution in [3.05, 3.63) is 42.1 Å². The first-order valence-electron chi connectivity index (χ1n) is 6.65. The summed E-state index contributed by atoms with van der Waals surface area (Å²) in [6, 6.07) is 5.53. The number of carbonyl (C=O) groups excluding carboxylic acids is 1. The molecule has 0 unspecified atom stereocenters. The quantitative estimate of drug-likeness (QED) is 0.916. The second-order valence-electron chi connectivity index (χ2n) is 4.86. The van der Waals surface area contributed by atoms with Crippen LogP contribution in [0.4, 0.5) is 0 Å². The van der Waals surface area contributed by atoms with Gasteiger partial charge in [-0.2, -0.15) is 5.10 Å². The van der Waals surface area contributed by atoms with Gasteiger partial charge in [-0.25, -0.2) is 0 Å². The van der Waals surface area contributed by atoms with Gasteiger partial charge in [0.2, 0.25) is 5.91 Å². The number of nitrogens with one attached hydrogen (secondary N) is 1. The molecule has 0 aromatic carbocycles. The summed E-state index contributed by atoms with van der Waals surface area (Å²) in [7, 11) is 1.86. The molecule has 1 aliphatic rings. The number of rotatable bonds is 4. The number of nitrogens with zero attached hydrogens (tertiary/aromatic N) is 2. The summed E-state index contributed by atoms with van der Waals surface area (Å²) in [6.45, 7) is 0.995. The molecule has 0 radical (unpaired) electrons. The first-order valence-corrected chi connectivity index (χ1v) is 6.65. The van der Waals surface area contributed by atoms with Crippen molar-refractivity contribution >= 4 is 5.91 Å². The molecule has 0 spiro atoms. The minimum atomic E-state index is -0.223. The molecule has 1 aliphatic heterocycles. The Kier molecular flexibility index (Phi) is 3.56. The van der Waals surface area contributed by atoms with Crippen molar-refractivity contribution in [1.82, 2.24) is 15.1 Å². The van der Waals surface area contributed by atoms with E-state index in [2.05, 4.69) is 10.4 Å². The van der Waals surface area contributed by atoms with E-state index in [1.165, 1.54) is 0 Å². The largest absolute Gasteiger partial charge is 0.467 e. The SMILES string of the molecule is Cn1nccc1[C@@H]1OCC[C@H]1C(=O)NCc1ccco1. The Morgan fingerprint density at radius 3 is 3.15 bits per heavy atom. The zero-order valence-corrected chi connectivity index (χ0v) is 11.3. The van der Waals surface area contributed by atoms with Crippen LogP contribution in [0.15, 0.2) is 35.1 Å². The Labute approximate surface area is 116 Å². The van der Waals surface area contributed by atoms with Gasteiger partial charge in [0.05, 0.1) is 24.4 Å². The maximum absolute atomic E-state index is 12.3. The number of furan rings is 1.